The van der Waals surface area contributed by atoms with E-state index in [0.717, 1.165) is 12.8 Å². The average Bonchev–Trinajstić information content (AvgIpc) is 2.40. The fourth-order valence-electron chi connectivity index (χ4n) is 1.87. The maximum absolute atomic E-state index is 11.5. The summed E-state index contributed by atoms with van der Waals surface area (Å²) < 4.78 is 4.78. The number of nitrogens with one attached hydrogen (secondary N) is 1. The minimum atomic E-state index is -0.231. The first-order valence-electron chi connectivity index (χ1n) is 6.11. The molecule has 0 saturated heterocycles. The fourth-order valence-corrected chi connectivity index (χ4v) is 1.87. The van der Waals surface area contributed by atoms with E-state index in [0.29, 0.717) is 0 Å². The number of benzene rings is 1. The van der Waals surface area contributed by atoms with Crippen molar-refractivity contribution in [3.8, 4) is 0 Å². The van der Waals surface area contributed by atoms with Gasteiger partial charge in [0.1, 0.15) is 6.04 Å². The van der Waals surface area contributed by atoms with E-state index in [-0.39, 0.29) is 18.1 Å². The molecule has 1 N–H and O–H groups in total. The molecule has 2 atom stereocenters. The second-order valence-electron chi connectivity index (χ2n) is 4.02. The highest BCUT2D eigenvalue weighted by molar-refractivity contribution is 5.75. The van der Waals surface area contributed by atoms with Crippen LogP contribution in [0.1, 0.15) is 38.3 Å². The zero-order valence-electron chi connectivity index (χ0n) is 10.8. The number of esters is 1. The van der Waals surface area contributed by atoms with E-state index < -0.39 is 0 Å². The third-order valence-corrected chi connectivity index (χ3v) is 2.91. The van der Waals surface area contributed by atoms with Crippen molar-refractivity contribution in [2.24, 2.45) is 0 Å². The normalized spacial score (nSPS) is 14.1. The van der Waals surface area contributed by atoms with Gasteiger partial charge in [-0.2, -0.15) is 0 Å². The molecule has 1 rings (SSSR count). The summed E-state index contributed by atoms with van der Waals surface area (Å²) in [7, 11) is 1.43. The maximum atomic E-state index is 11.5. The molecular formula is C14H21NO2. The van der Waals surface area contributed by atoms with Gasteiger partial charge in [0.15, 0.2) is 0 Å². The van der Waals surface area contributed by atoms with Crippen LogP contribution in [-0.4, -0.2) is 19.1 Å². The lowest BCUT2D eigenvalue weighted by molar-refractivity contribution is -0.143. The van der Waals surface area contributed by atoms with Gasteiger partial charge in [-0.3, -0.25) is 10.1 Å². The molecule has 0 aliphatic heterocycles. The standard InChI is InChI=1S/C14H21NO2/c1-4-12(11-9-7-6-8-10-11)15-13(5-2)14(16)17-3/h6-10,12-13,15H,4-5H2,1-3H3. The lowest BCUT2D eigenvalue weighted by Crippen LogP contribution is -2.39. The molecule has 0 heterocycles. The van der Waals surface area contributed by atoms with Crippen molar-refractivity contribution in [1.29, 1.82) is 0 Å². The van der Waals surface area contributed by atoms with E-state index in [2.05, 4.69) is 24.4 Å². The first kappa shape index (κ1) is 13.7. The molecule has 3 nitrogen and oxygen atoms in total. The predicted octanol–water partition coefficient (Wildman–Crippen LogP) is 2.68. The van der Waals surface area contributed by atoms with Gasteiger partial charge in [0, 0.05) is 6.04 Å². The number of carbonyl (C=O) groups excluding carboxylic acids is 1. The topological polar surface area (TPSA) is 38.3 Å². The van der Waals surface area contributed by atoms with Crippen LogP contribution in [0.2, 0.25) is 0 Å². The van der Waals surface area contributed by atoms with Gasteiger partial charge in [0.25, 0.3) is 0 Å². The lowest BCUT2D eigenvalue weighted by atomic mass is 10.0. The molecular weight excluding hydrogens is 214 g/mol. The van der Waals surface area contributed by atoms with E-state index in [9.17, 15) is 4.79 Å². The lowest BCUT2D eigenvalue weighted by Gasteiger charge is -2.22. The van der Waals surface area contributed by atoms with E-state index in [1.165, 1.54) is 12.7 Å². The summed E-state index contributed by atoms with van der Waals surface area (Å²) in [6.45, 7) is 4.08. The Morgan fingerprint density at radius 3 is 2.35 bits per heavy atom. The van der Waals surface area contributed by atoms with Gasteiger partial charge in [-0.1, -0.05) is 44.2 Å². The molecule has 17 heavy (non-hydrogen) atoms. The van der Waals surface area contributed by atoms with Gasteiger partial charge in [-0.15, -0.1) is 0 Å². The molecule has 0 amide bonds. The summed E-state index contributed by atoms with van der Waals surface area (Å²) >= 11 is 0. The zero-order chi connectivity index (χ0) is 12.7. The number of hydrogen-bond donors (Lipinski definition) is 1. The Morgan fingerprint density at radius 1 is 1.24 bits per heavy atom. The SMILES string of the molecule is CCC(NC(CC)c1ccccc1)C(=O)OC. The van der Waals surface area contributed by atoms with Crippen molar-refractivity contribution in [2.45, 2.75) is 38.8 Å². The molecule has 94 valence electrons. The van der Waals surface area contributed by atoms with Crippen LogP contribution in [0.4, 0.5) is 0 Å². The minimum Gasteiger partial charge on any atom is -0.468 e. The molecule has 0 saturated carbocycles. The molecule has 0 radical (unpaired) electrons. The first-order chi connectivity index (χ1) is 8.22. The van der Waals surface area contributed by atoms with Gasteiger partial charge in [-0.05, 0) is 18.4 Å². The number of rotatable bonds is 6. The Balaban J connectivity index is 2.72. The average molecular weight is 235 g/mol. The van der Waals surface area contributed by atoms with Crippen molar-refractivity contribution in [3.05, 3.63) is 35.9 Å². The Morgan fingerprint density at radius 2 is 1.88 bits per heavy atom. The summed E-state index contributed by atoms with van der Waals surface area (Å²) in [6.07, 6.45) is 1.67. The van der Waals surface area contributed by atoms with Gasteiger partial charge in [0.05, 0.1) is 7.11 Å². The molecule has 0 spiro atoms. The summed E-state index contributed by atoms with van der Waals surface area (Å²) in [4.78, 5) is 11.5. The fraction of sp³-hybridized carbons (Fsp3) is 0.500. The van der Waals surface area contributed by atoms with Crippen molar-refractivity contribution >= 4 is 5.97 Å². The van der Waals surface area contributed by atoms with Crippen LogP contribution < -0.4 is 5.32 Å². The first-order valence-corrected chi connectivity index (χ1v) is 6.11. The third-order valence-electron chi connectivity index (χ3n) is 2.91. The molecule has 3 heteroatoms. The van der Waals surface area contributed by atoms with Crippen LogP contribution in [0.15, 0.2) is 30.3 Å². The summed E-state index contributed by atoms with van der Waals surface area (Å²) in [6, 6.07) is 10.1. The highest BCUT2D eigenvalue weighted by Crippen LogP contribution is 2.17. The van der Waals surface area contributed by atoms with Crippen LogP contribution >= 0.6 is 0 Å². The molecule has 2 unspecified atom stereocenters. The van der Waals surface area contributed by atoms with E-state index in [1.54, 1.807) is 0 Å². The number of ether oxygens (including phenoxy) is 1. The third kappa shape index (κ3) is 3.86. The second-order valence-corrected chi connectivity index (χ2v) is 4.02. The minimum absolute atomic E-state index is 0.193. The van der Waals surface area contributed by atoms with Crippen molar-refractivity contribution in [3.63, 3.8) is 0 Å². The molecule has 0 aliphatic carbocycles. The molecule has 0 bridgehead atoms. The van der Waals surface area contributed by atoms with Crippen LogP contribution in [0, 0.1) is 0 Å². The smallest absolute Gasteiger partial charge is 0.322 e. The van der Waals surface area contributed by atoms with Crippen molar-refractivity contribution < 1.29 is 9.53 Å². The van der Waals surface area contributed by atoms with Crippen LogP contribution in [-0.2, 0) is 9.53 Å². The molecule has 0 fully saturated rings. The second kappa shape index (κ2) is 7.07. The van der Waals surface area contributed by atoms with Crippen molar-refractivity contribution in [2.75, 3.05) is 7.11 Å². The van der Waals surface area contributed by atoms with Gasteiger partial charge in [0.2, 0.25) is 0 Å². The van der Waals surface area contributed by atoms with Crippen molar-refractivity contribution in [1.82, 2.24) is 5.32 Å². The Hall–Kier alpha value is -1.35. The van der Waals surface area contributed by atoms with Gasteiger partial charge in [-0.25, -0.2) is 0 Å². The molecule has 0 aliphatic rings. The number of carbonyl (C=O) groups is 1. The molecule has 1 aromatic carbocycles. The van der Waals surface area contributed by atoms with E-state index in [1.807, 2.05) is 25.1 Å². The summed E-state index contributed by atoms with van der Waals surface area (Å²) in [5.74, 6) is -0.193. The zero-order valence-corrected chi connectivity index (χ0v) is 10.8. The quantitative estimate of drug-likeness (QED) is 0.770. The summed E-state index contributed by atoms with van der Waals surface area (Å²) in [5, 5.41) is 3.35. The Kier molecular flexibility index (Phi) is 5.70. The van der Waals surface area contributed by atoms with Gasteiger partial charge >= 0.3 is 5.97 Å². The summed E-state index contributed by atoms with van der Waals surface area (Å²) in [5.41, 5.74) is 1.21. The Labute approximate surface area is 103 Å². The van der Waals surface area contributed by atoms with Crippen LogP contribution in [0.5, 0.6) is 0 Å². The van der Waals surface area contributed by atoms with Crippen LogP contribution in [0.3, 0.4) is 0 Å². The maximum Gasteiger partial charge on any atom is 0.322 e. The highest BCUT2D eigenvalue weighted by Gasteiger charge is 2.20. The van der Waals surface area contributed by atoms with Crippen LogP contribution in [0.25, 0.3) is 0 Å². The predicted molar refractivity (Wildman–Crippen MR) is 68.7 cm³/mol. The largest absolute Gasteiger partial charge is 0.468 e. The molecule has 1 aromatic rings. The number of methoxy groups -OCH3 is 1. The highest BCUT2D eigenvalue weighted by atomic mass is 16.5. The Bertz CT molecular complexity index is 337. The molecule has 0 aromatic heterocycles. The van der Waals surface area contributed by atoms with Gasteiger partial charge < -0.3 is 4.74 Å². The van der Waals surface area contributed by atoms with E-state index in [4.69, 9.17) is 4.74 Å². The number of hydrogen-bond acceptors (Lipinski definition) is 3. The van der Waals surface area contributed by atoms with E-state index >= 15 is 0 Å². The monoisotopic (exact) mass is 235 g/mol.